The van der Waals surface area contributed by atoms with Crippen molar-refractivity contribution in [3.05, 3.63) is 65.0 Å². The predicted molar refractivity (Wildman–Crippen MR) is 121 cm³/mol. The first-order valence-corrected chi connectivity index (χ1v) is 11.6. The molecule has 5 heteroatoms. The van der Waals surface area contributed by atoms with Crippen LogP contribution in [0.4, 0.5) is 4.39 Å². The van der Waals surface area contributed by atoms with Crippen molar-refractivity contribution in [3.8, 4) is 5.75 Å². The van der Waals surface area contributed by atoms with Gasteiger partial charge in [-0.1, -0.05) is 18.2 Å². The Bertz CT molecular complexity index is 875. The smallest absolute Gasteiger partial charge is 0.219 e. The van der Waals surface area contributed by atoms with Crippen molar-refractivity contribution in [1.29, 1.82) is 0 Å². The summed E-state index contributed by atoms with van der Waals surface area (Å²) in [5.74, 6) is 1.43. The zero-order chi connectivity index (χ0) is 21.6. The average Bonchev–Trinajstić information content (AvgIpc) is 3.00. The van der Waals surface area contributed by atoms with Crippen LogP contribution in [0.1, 0.15) is 55.2 Å². The highest BCUT2D eigenvalue weighted by atomic mass is 19.1. The van der Waals surface area contributed by atoms with Gasteiger partial charge in [0.1, 0.15) is 11.6 Å². The zero-order valence-electron chi connectivity index (χ0n) is 18.5. The highest BCUT2D eigenvalue weighted by Crippen LogP contribution is 2.28. The van der Waals surface area contributed by atoms with E-state index in [-0.39, 0.29) is 11.7 Å². The van der Waals surface area contributed by atoms with Gasteiger partial charge < -0.3 is 14.5 Å². The van der Waals surface area contributed by atoms with E-state index in [0.29, 0.717) is 19.1 Å². The van der Waals surface area contributed by atoms with Gasteiger partial charge >= 0.3 is 0 Å². The minimum atomic E-state index is -0.160. The molecule has 0 N–H and O–H groups in total. The van der Waals surface area contributed by atoms with E-state index >= 15 is 0 Å². The molecule has 4 nitrogen and oxygen atoms in total. The second-order valence-electron chi connectivity index (χ2n) is 8.84. The molecule has 0 spiro atoms. The number of fused-ring (bicyclic) bond motifs is 1. The zero-order valence-corrected chi connectivity index (χ0v) is 18.5. The van der Waals surface area contributed by atoms with Crippen LogP contribution in [0.15, 0.2) is 42.5 Å². The quantitative estimate of drug-likeness (QED) is 0.627. The number of amides is 1. The van der Waals surface area contributed by atoms with Crippen molar-refractivity contribution in [3.63, 3.8) is 0 Å². The third kappa shape index (κ3) is 5.85. The highest BCUT2D eigenvalue weighted by Gasteiger charge is 2.20. The third-order valence-electron chi connectivity index (χ3n) is 6.67. The van der Waals surface area contributed by atoms with Gasteiger partial charge in [-0.3, -0.25) is 4.79 Å². The maximum atomic E-state index is 13.1. The fourth-order valence-corrected chi connectivity index (χ4v) is 4.80. The monoisotopic (exact) mass is 424 g/mol. The minimum Gasteiger partial charge on any atom is -0.494 e. The molecule has 1 amide bonds. The molecule has 0 aromatic heterocycles. The molecule has 0 aliphatic carbocycles. The number of aryl methyl sites for hydroxylation is 1. The van der Waals surface area contributed by atoms with Gasteiger partial charge in [0.15, 0.2) is 0 Å². The van der Waals surface area contributed by atoms with E-state index in [0.717, 1.165) is 64.0 Å². The summed E-state index contributed by atoms with van der Waals surface area (Å²) in [7, 11) is 0. The maximum absolute atomic E-state index is 13.1. The van der Waals surface area contributed by atoms with Gasteiger partial charge in [-0.15, -0.1) is 0 Å². The molecule has 0 saturated carbocycles. The lowest BCUT2D eigenvalue weighted by Crippen LogP contribution is -2.34. The molecule has 166 valence electrons. The van der Waals surface area contributed by atoms with Crippen LogP contribution in [-0.4, -0.2) is 48.5 Å². The van der Waals surface area contributed by atoms with Crippen LogP contribution >= 0.6 is 0 Å². The van der Waals surface area contributed by atoms with Crippen LogP contribution in [0.25, 0.3) is 0 Å². The van der Waals surface area contributed by atoms with Crippen LogP contribution in [0.3, 0.4) is 0 Å². The van der Waals surface area contributed by atoms with Crippen LogP contribution in [0, 0.1) is 5.82 Å². The molecule has 2 aromatic rings. The number of carbonyl (C=O) groups excluding carboxylic acids is 1. The Morgan fingerprint density at radius 2 is 1.84 bits per heavy atom. The van der Waals surface area contributed by atoms with Gasteiger partial charge in [0, 0.05) is 26.6 Å². The van der Waals surface area contributed by atoms with Crippen molar-refractivity contribution in [2.24, 2.45) is 0 Å². The Labute approximate surface area is 185 Å². The van der Waals surface area contributed by atoms with Gasteiger partial charge in [0.2, 0.25) is 5.91 Å². The normalized spacial score (nSPS) is 17.8. The summed E-state index contributed by atoms with van der Waals surface area (Å²) in [6.45, 7) is 7.08. The number of hydrogen-bond donors (Lipinski definition) is 0. The summed E-state index contributed by atoms with van der Waals surface area (Å²) in [4.78, 5) is 16.2. The Morgan fingerprint density at radius 3 is 2.58 bits per heavy atom. The summed E-state index contributed by atoms with van der Waals surface area (Å²) in [6.07, 6.45) is 5.30. The SMILES string of the molecule is CC(=O)N1CCCc2ccc(OCCCN3CCC(c4ccc(F)cc4)CC3)cc2C1. The van der Waals surface area contributed by atoms with Crippen molar-refractivity contribution in [1.82, 2.24) is 9.80 Å². The van der Waals surface area contributed by atoms with Crippen molar-refractivity contribution in [2.75, 3.05) is 32.8 Å². The van der Waals surface area contributed by atoms with Crippen molar-refractivity contribution >= 4 is 5.91 Å². The van der Waals surface area contributed by atoms with Crippen molar-refractivity contribution < 1.29 is 13.9 Å². The standard InChI is InChI=1S/C26H33FN2O2/c1-20(30)29-14-2-4-21-7-10-26(18-24(21)19-29)31-17-3-13-28-15-11-23(12-16-28)22-5-8-25(27)9-6-22/h5-10,18,23H,2-4,11-17,19H2,1H3. The predicted octanol–water partition coefficient (Wildman–Crippen LogP) is 4.77. The first-order valence-electron chi connectivity index (χ1n) is 11.6. The lowest BCUT2D eigenvalue weighted by molar-refractivity contribution is -0.129. The number of carbonyl (C=O) groups is 1. The molecule has 0 radical (unpaired) electrons. The summed E-state index contributed by atoms with van der Waals surface area (Å²) in [5.41, 5.74) is 3.81. The maximum Gasteiger partial charge on any atom is 0.219 e. The van der Waals surface area contributed by atoms with Crippen molar-refractivity contribution in [2.45, 2.75) is 51.5 Å². The number of likely N-dealkylation sites (tertiary alicyclic amines) is 1. The van der Waals surface area contributed by atoms with E-state index in [2.05, 4.69) is 23.1 Å². The second-order valence-corrected chi connectivity index (χ2v) is 8.84. The molecule has 1 fully saturated rings. The minimum absolute atomic E-state index is 0.141. The first kappa shape index (κ1) is 21.8. The van der Waals surface area contributed by atoms with E-state index in [1.165, 1.54) is 16.7 Å². The van der Waals surface area contributed by atoms with Crippen LogP contribution in [0.2, 0.25) is 0 Å². The number of nitrogens with zero attached hydrogens (tertiary/aromatic N) is 2. The molecule has 1 saturated heterocycles. The van der Waals surface area contributed by atoms with E-state index in [4.69, 9.17) is 4.74 Å². The second kappa shape index (κ2) is 10.3. The van der Waals surface area contributed by atoms with Crippen LogP contribution in [0.5, 0.6) is 5.75 Å². The molecule has 31 heavy (non-hydrogen) atoms. The Morgan fingerprint density at radius 1 is 1.06 bits per heavy atom. The van der Waals surface area contributed by atoms with Crippen LogP contribution in [-0.2, 0) is 17.8 Å². The van der Waals surface area contributed by atoms with Gasteiger partial charge in [0.25, 0.3) is 0 Å². The van der Waals surface area contributed by atoms with E-state index in [1.807, 2.05) is 17.0 Å². The van der Waals surface area contributed by atoms with E-state index in [1.54, 1.807) is 19.1 Å². The molecular weight excluding hydrogens is 391 g/mol. The number of rotatable bonds is 6. The molecule has 2 heterocycles. The van der Waals surface area contributed by atoms with Gasteiger partial charge in [-0.2, -0.15) is 0 Å². The molecule has 0 unspecified atom stereocenters. The number of piperidine rings is 1. The molecule has 0 atom stereocenters. The Kier molecular flexibility index (Phi) is 7.23. The van der Waals surface area contributed by atoms with E-state index < -0.39 is 0 Å². The molecule has 4 rings (SSSR count). The summed E-state index contributed by atoms with van der Waals surface area (Å²) in [5, 5.41) is 0. The molecular formula is C26H33FN2O2. The highest BCUT2D eigenvalue weighted by molar-refractivity contribution is 5.73. The number of halogens is 1. The number of benzene rings is 2. The lowest BCUT2D eigenvalue weighted by Gasteiger charge is -2.32. The van der Waals surface area contributed by atoms with Gasteiger partial charge in [-0.05, 0) is 92.1 Å². The topological polar surface area (TPSA) is 32.8 Å². The summed E-state index contributed by atoms with van der Waals surface area (Å²) < 4.78 is 19.2. The van der Waals surface area contributed by atoms with Gasteiger partial charge in [-0.25, -0.2) is 4.39 Å². The van der Waals surface area contributed by atoms with E-state index in [9.17, 15) is 9.18 Å². The first-order chi connectivity index (χ1) is 15.1. The molecule has 2 aromatic carbocycles. The average molecular weight is 425 g/mol. The largest absolute Gasteiger partial charge is 0.494 e. The van der Waals surface area contributed by atoms with Crippen LogP contribution < -0.4 is 4.74 Å². The fourth-order valence-electron chi connectivity index (χ4n) is 4.80. The number of hydrogen-bond acceptors (Lipinski definition) is 3. The fraction of sp³-hybridized carbons (Fsp3) is 0.500. The lowest BCUT2D eigenvalue weighted by atomic mass is 9.89. The Hall–Kier alpha value is -2.40. The third-order valence-corrected chi connectivity index (χ3v) is 6.67. The summed E-state index contributed by atoms with van der Waals surface area (Å²) in [6, 6.07) is 13.3. The van der Waals surface area contributed by atoms with Gasteiger partial charge in [0.05, 0.1) is 6.61 Å². The molecule has 0 bridgehead atoms. The molecule has 2 aliphatic heterocycles. The Balaban J connectivity index is 1.20. The summed E-state index contributed by atoms with van der Waals surface area (Å²) >= 11 is 0. The molecule has 2 aliphatic rings. The number of ether oxygens (including phenoxy) is 1.